The van der Waals surface area contributed by atoms with Gasteiger partial charge in [-0.15, -0.1) is 11.3 Å². The Balaban J connectivity index is 1.39. The van der Waals surface area contributed by atoms with E-state index in [9.17, 15) is 4.79 Å². The number of carbonyl (C=O) groups is 1. The van der Waals surface area contributed by atoms with Gasteiger partial charge in [0.15, 0.2) is 5.13 Å². The molecule has 2 amide bonds. The maximum atomic E-state index is 12.2. The van der Waals surface area contributed by atoms with Gasteiger partial charge < -0.3 is 19.9 Å². The zero-order chi connectivity index (χ0) is 16.8. The maximum Gasteiger partial charge on any atom is 0.317 e. The lowest BCUT2D eigenvalue weighted by Gasteiger charge is -2.34. The van der Waals surface area contributed by atoms with Gasteiger partial charge in [0.2, 0.25) is 0 Å². The van der Waals surface area contributed by atoms with E-state index in [1.54, 1.807) is 18.4 Å². The summed E-state index contributed by atoms with van der Waals surface area (Å²) < 4.78 is 5.14. The van der Waals surface area contributed by atoms with E-state index in [4.69, 9.17) is 4.74 Å². The van der Waals surface area contributed by atoms with Crippen LogP contribution in [0.5, 0.6) is 5.75 Å². The summed E-state index contributed by atoms with van der Waals surface area (Å²) in [6.07, 6.45) is 2.63. The SMILES string of the molecule is COc1ccc(CCNC(=O)N2CCN(c3nccs3)CC2)cc1. The molecule has 6 nitrogen and oxygen atoms in total. The monoisotopic (exact) mass is 346 g/mol. The summed E-state index contributed by atoms with van der Waals surface area (Å²) in [5.41, 5.74) is 1.18. The minimum Gasteiger partial charge on any atom is -0.497 e. The number of piperazine rings is 1. The highest BCUT2D eigenvalue weighted by molar-refractivity contribution is 7.13. The van der Waals surface area contributed by atoms with Crippen molar-refractivity contribution in [3.63, 3.8) is 0 Å². The molecule has 2 heterocycles. The predicted octanol–water partition coefficient (Wildman–Crippen LogP) is 2.23. The third-order valence-electron chi connectivity index (χ3n) is 4.11. The minimum atomic E-state index is 0.0160. The largest absolute Gasteiger partial charge is 0.497 e. The van der Waals surface area contributed by atoms with E-state index in [0.717, 1.165) is 43.5 Å². The number of nitrogens with one attached hydrogen (secondary N) is 1. The van der Waals surface area contributed by atoms with Crippen molar-refractivity contribution in [1.29, 1.82) is 0 Å². The fourth-order valence-electron chi connectivity index (χ4n) is 2.69. The molecule has 1 aromatic carbocycles. The number of methoxy groups -OCH3 is 1. The van der Waals surface area contributed by atoms with Gasteiger partial charge in [0, 0.05) is 44.3 Å². The molecule has 24 heavy (non-hydrogen) atoms. The zero-order valence-corrected chi connectivity index (χ0v) is 14.6. The Bertz CT molecular complexity index is 637. The number of benzene rings is 1. The van der Waals surface area contributed by atoms with Gasteiger partial charge in [-0.2, -0.15) is 0 Å². The van der Waals surface area contributed by atoms with E-state index in [-0.39, 0.29) is 6.03 Å². The third kappa shape index (κ3) is 4.17. The fourth-order valence-corrected chi connectivity index (χ4v) is 3.39. The van der Waals surface area contributed by atoms with Crippen LogP contribution in [0.1, 0.15) is 5.56 Å². The van der Waals surface area contributed by atoms with Crippen LogP contribution in [0, 0.1) is 0 Å². The summed E-state index contributed by atoms with van der Waals surface area (Å²) in [4.78, 5) is 20.7. The molecule has 7 heteroatoms. The maximum absolute atomic E-state index is 12.2. The first kappa shape index (κ1) is 16.6. The summed E-state index contributed by atoms with van der Waals surface area (Å²) in [6.45, 7) is 3.76. The Morgan fingerprint density at radius 2 is 2.00 bits per heavy atom. The average molecular weight is 346 g/mol. The number of hydrogen-bond donors (Lipinski definition) is 1. The lowest BCUT2D eigenvalue weighted by atomic mass is 10.1. The van der Waals surface area contributed by atoms with Gasteiger partial charge in [-0.05, 0) is 24.1 Å². The molecule has 1 aliphatic heterocycles. The van der Waals surface area contributed by atoms with Crippen molar-refractivity contribution in [3.05, 3.63) is 41.4 Å². The van der Waals surface area contributed by atoms with Gasteiger partial charge in [-0.3, -0.25) is 0 Å². The minimum absolute atomic E-state index is 0.0160. The average Bonchev–Trinajstić information content (AvgIpc) is 3.17. The first-order valence-corrected chi connectivity index (χ1v) is 8.94. The van der Waals surface area contributed by atoms with Crippen molar-refractivity contribution in [3.8, 4) is 5.75 Å². The number of thiazole rings is 1. The molecule has 0 bridgehead atoms. The summed E-state index contributed by atoms with van der Waals surface area (Å²) in [6, 6.07) is 7.95. The molecule has 0 aliphatic carbocycles. The second kappa shape index (κ2) is 8.01. The molecule has 0 atom stereocenters. The number of hydrogen-bond acceptors (Lipinski definition) is 5. The third-order valence-corrected chi connectivity index (χ3v) is 4.94. The second-order valence-electron chi connectivity index (χ2n) is 5.62. The Morgan fingerprint density at radius 1 is 1.25 bits per heavy atom. The van der Waals surface area contributed by atoms with Crippen molar-refractivity contribution >= 4 is 22.5 Å². The molecule has 1 N–H and O–H groups in total. The molecule has 0 radical (unpaired) electrons. The Labute approximate surface area is 146 Å². The van der Waals surface area contributed by atoms with Gasteiger partial charge in [0.1, 0.15) is 5.75 Å². The van der Waals surface area contributed by atoms with Crippen LogP contribution >= 0.6 is 11.3 Å². The normalized spacial score (nSPS) is 14.5. The van der Waals surface area contributed by atoms with E-state index >= 15 is 0 Å². The smallest absolute Gasteiger partial charge is 0.317 e. The van der Waals surface area contributed by atoms with Crippen LogP contribution in [0.15, 0.2) is 35.8 Å². The van der Waals surface area contributed by atoms with E-state index in [0.29, 0.717) is 6.54 Å². The molecule has 1 aliphatic rings. The molecule has 3 rings (SSSR count). The van der Waals surface area contributed by atoms with Crippen LogP contribution < -0.4 is 15.0 Å². The highest BCUT2D eigenvalue weighted by atomic mass is 32.1. The molecule has 1 fully saturated rings. The summed E-state index contributed by atoms with van der Waals surface area (Å²) in [5.74, 6) is 0.848. The quantitative estimate of drug-likeness (QED) is 0.902. The van der Waals surface area contributed by atoms with Crippen LogP contribution in [0.2, 0.25) is 0 Å². The number of rotatable bonds is 5. The van der Waals surface area contributed by atoms with Crippen LogP contribution in [-0.2, 0) is 6.42 Å². The second-order valence-corrected chi connectivity index (χ2v) is 6.49. The number of urea groups is 1. The topological polar surface area (TPSA) is 57.7 Å². The van der Waals surface area contributed by atoms with Crippen molar-refractivity contribution in [2.45, 2.75) is 6.42 Å². The fraction of sp³-hybridized carbons (Fsp3) is 0.412. The van der Waals surface area contributed by atoms with Crippen molar-refractivity contribution in [2.24, 2.45) is 0 Å². The van der Waals surface area contributed by atoms with Crippen LogP contribution in [-0.4, -0.2) is 55.7 Å². The van der Waals surface area contributed by atoms with Crippen molar-refractivity contribution in [1.82, 2.24) is 15.2 Å². The first-order chi connectivity index (χ1) is 11.8. The van der Waals surface area contributed by atoms with Crippen molar-refractivity contribution in [2.75, 3.05) is 44.7 Å². The standard InChI is InChI=1S/C17H22N4O2S/c1-23-15-4-2-14(3-5-15)6-7-18-16(22)20-9-11-21(12-10-20)17-19-8-13-24-17/h2-5,8,13H,6-7,9-12H2,1H3,(H,18,22). The summed E-state index contributed by atoms with van der Waals surface area (Å²) in [7, 11) is 1.66. The van der Waals surface area contributed by atoms with Gasteiger partial charge in [0.05, 0.1) is 7.11 Å². The van der Waals surface area contributed by atoms with E-state index in [1.807, 2.05) is 40.7 Å². The Morgan fingerprint density at radius 3 is 2.62 bits per heavy atom. The highest BCUT2D eigenvalue weighted by Crippen LogP contribution is 2.18. The molecular weight excluding hydrogens is 324 g/mol. The lowest BCUT2D eigenvalue weighted by molar-refractivity contribution is 0.194. The molecular formula is C17H22N4O2S. The number of anilines is 1. The summed E-state index contributed by atoms with van der Waals surface area (Å²) in [5, 5.41) is 6.02. The molecule has 128 valence electrons. The number of amides is 2. The molecule has 0 saturated carbocycles. The number of aromatic nitrogens is 1. The molecule has 1 saturated heterocycles. The first-order valence-electron chi connectivity index (χ1n) is 8.06. The van der Waals surface area contributed by atoms with Crippen molar-refractivity contribution < 1.29 is 9.53 Å². The van der Waals surface area contributed by atoms with E-state index < -0.39 is 0 Å². The number of nitrogens with zero attached hydrogens (tertiary/aromatic N) is 3. The Hall–Kier alpha value is -2.28. The van der Waals surface area contributed by atoms with Crippen LogP contribution in [0.25, 0.3) is 0 Å². The highest BCUT2D eigenvalue weighted by Gasteiger charge is 2.21. The van der Waals surface area contributed by atoms with Gasteiger partial charge in [-0.25, -0.2) is 9.78 Å². The van der Waals surface area contributed by atoms with Crippen LogP contribution in [0.3, 0.4) is 0 Å². The van der Waals surface area contributed by atoms with E-state index in [2.05, 4.69) is 15.2 Å². The summed E-state index contributed by atoms with van der Waals surface area (Å²) >= 11 is 1.64. The lowest BCUT2D eigenvalue weighted by Crippen LogP contribution is -2.52. The van der Waals surface area contributed by atoms with Gasteiger partial charge in [-0.1, -0.05) is 12.1 Å². The molecule has 0 spiro atoms. The van der Waals surface area contributed by atoms with Crippen LogP contribution in [0.4, 0.5) is 9.93 Å². The Kier molecular flexibility index (Phi) is 5.53. The number of carbonyl (C=O) groups excluding carboxylic acids is 1. The molecule has 0 unspecified atom stereocenters. The molecule has 1 aromatic heterocycles. The number of ether oxygens (including phenoxy) is 1. The van der Waals surface area contributed by atoms with E-state index in [1.165, 1.54) is 5.56 Å². The predicted molar refractivity (Wildman–Crippen MR) is 96.0 cm³/mol. The van der Waals surface area contributed by atoms with Gasteiger partial charge >= 0.3 is 6.03 Å². The molecule has 2 aromatic rings. The van der Waals surface area contributed by atoms with Gasteiger partial charge in [0.25, 0.3) is 0 Å². The zero-order valence-electron chi connectivity index (χ0n) is 13.8.